The van der Waals surface area contributed by atoms with E-state index in [2.05, 4.69) is 15.0 Å². The number of urea groups is 1. The number of nitrogens with one attached hydrogen (secondary N) is 2. The van der Waals surface area contributed by atoms with Gasteiger partial charge < -0.3 is 10.4 Å². The third-order valence-electron chi connectivity index (χ3n) is 2.55. The van der Waals surface area contributed by atoms with Crippen molar-refractivity contribution in [3.8, 4) is 0 Å². The van der Waals surface area contributed by atoms with Crippen LogP contribution in [0, 0.1) is 0 Å². The van der Waals surface area contributed by atoms with Crippen molar-refractivity contribution in [1.29, 1.82) is 0 Å². The molecule has 0 atom stereocenters. The van der Waals surface area contributed by atoms with E-state index in [4.69, 9.17) is 0 Å². The molecule has 1 aromatic carbocycles. The number of carboxylic acids is 1. The van der Waals surface area contributed by atoms with Crippen LogP contribution in [0.4, 0.5) is 9.80 Å². The van der Waals surface area contributed by atoms with Crippen molar-refractivity contribution in [2.75, 3.05) is 12.4 Å². The Morgan fingerprint density at radius 2 is 2.05 bits per heavy atom. The van der Waals surface area contributed by atoms with E-state index in [-0.39, 0.29) is 10.6 Å². The molecule has 0 aliphatic rings. The Labute approximate surface area is 129 Å². The third-order valence-corrected chi connectivity index (χ3v) is 4.47. The van der Waals surface area contributed by atoms with Gasteiger partial charge in [-0.05, 0) is 17.1 Å². The van der Waals surface area contributed by atoms with E-state index >= 15 is 0 Å². The molecular formula is C13H13N3O3S2. The van der Waals surface area contributed by atoms with Crippen molar-refractivity contribution in [1.82, 2.24) is 9.69 Å². The zero-order chi connectivity index (χ0) is 15.2. The van der Waals surface area contributed by atoms with E-state index in [1.54, 1.807) is 0 Å². The number of amides is 2. The van der Waals surface area contributed by atoms with Gasteiger partial charge in [0, 0.05) is 12.8 Å². The van der Waals surface area contributed by atoms with Crippen molar-refractivity contribution >= 4 is 40.3 Å². The van der Waals surface area contributed by atoms with Crippen LogP contribution in [-0.4, -0.2) is 28.5 Å². The summed E-state index contributed by atoms with van der Waals surface area (Å²) in [5.41, 5.74) is 1.11. The minimum atomic E-state index is -1.11. The van der Waals surface area contributed by atoms with Crippen LogP contribution in [0.3, 0.4) is 0 Å². The fraction of sp³-hybridized carbons (Fsp3) is 0.154. The molecule has 0 aliphatic heterocycles. The highest BCUT2D eigenvalue weighted by molar-refractivity contribution is 7.98. The first kappa shape index (κ1) is 15.3. The number of aromatic nitrogens is 1. The first-order chi connectivity index (χ1) is 10.1. The molecule has 110 valence electrons. The molecule has 0 saturated carbocycles. The number of aromatic carboxylic acids is 1. The minimum absolute atomic E-state index is 0.0320. The molecule has 2 rings (SSSR count). The standard InChI is InChI=1S/C13H13N3O3S2/c1-14-13(19)15-10-9(12(17)18)11(16-21-10)20-7-8-5-3-2-4-6-8/h2-6H,7H2,1H3,(H,17,18)(H2,14,15,19). The van der Waals surface area contributed by atoms with Crippen LogP contribution in [0.2, 0.25) is 0 Å². The number of thioether (sulfide) groups is 1. The van der Waals surface area contributed by atoms with Gasteiger partial charge in [0.05, 0.1) is 0 Å². The Balaban J connectivity index is 2.16. The molecule has 2 aromatic rings. The molecule has 0 aliphatic carbocycles. The molecule has 2 amide bonds. The van der Waals surface area contributed by atoms with Gasteiger partial charge in [-0.3, -0.25) is 5.32 Å². The summed E-state index contributed by atoms with van der Waals surface area (Å²) in [6.07, 6.45) is 0. The molecule has 21 heavy (non-hydrogen) atoms. The quantitative estimate of drug-likeness (QED) is 0.736. The summed E-state index contributed by atoms with van der Waals surface area (Å²) in [5.74, 6) is -0.490. The highest BCUT2D eigenvalue weighted by Gasteiger charge is 2.21. The third kappa shape index (κ3) is 3.96. The number of hydrogen-bond acceptors (Lipinski definition) is 5. The number of hydrogen-bond donors (Lipinski definition) is 3. The number of nitrogens with zero attached hydrogens (tertiary/aromatic N) is 1. The van der Waals surface area contributed by atoms with Gasteiger partial charge in [-0.25, -0.2) is 9.59 Å². The first-order valence-corrected chi connectivity index (χ1v) is 7.76. The molecule has 0 saturated heterocycles. The summed E-state index contributed by atoms with van der Waals surface area (Å²) >= 11 is 2.29. The second-order valence-electron chi connectivity index (χ2n) is 3.98. The van der Waals surface area contributed by atoms with Crippen molar-refractivity contribution in [2.24, 2.45) is 0 Å². The largest absolute Gasteiger partial charge is 0.477 e. The van der Waals surface area contributed by atoms with Crippen molar-refractivity contribution in [3.05, 3.63) is 41.5 Å². The molecule has 3 N–H and O–H groups in total. The lowest BCUT2D eigenvalue weighted by atomic mass is 10.2. The fourth-order valence-electron chi connectivity index (χ4n) is 1.54. The van der Waals surface area contributed by atoms with Crippen LogP contribution < -0.4 is 10.6 Å². The van der Waals surface area contributed by atoms with Crippen LogP contribution in [0.1, 0.15) is 15.9 Å². The first-order valence-electron chi connectivity index (χ1n) is 6.00. The van der Waals surface area contributed by atoms with Gasteiger partial charge in [0.25, 0.3) is 0 Å². The van der Waals surface area contributed by atoms with Crippen molar-refractivity contribution in [3.63, 3.8) is 0 Å². The van der Waals surface area contributed by atoms with E-state index in [0.717, 1.165) is 17.1 Å². The number of anilines is 1. The summed E-state index contributed by atoms with van der Waals surface area (Å²) in [7, 11) is 1.46. The lowest BCUT2D eigenvalue weighted by molar-refractivity contribution is 0.0694. The van der Waals surface area contributed by atoms with E-state index in [0.29, 0.717) is 10.8 Å². The molecule has 0 unspecified atom stereocenters. The number of carboxylic acid groups (broad SMARTS) is 1. The van der Waals surface area contributed by atoms with Crippen molar-refractivity contribution in [2.45, 2.75) is 10.8 Å². The highest BCUT2D eigenvalue weighted by Crippen LogP contribution is 2.33. The molecule has 1 aromatic heterocycles. The van der Waals surface area contributed by atoms with E-state index in [1.165, 1.54) is 18.8 Å². The predicted octanol–water partition coefficient (Wildman–Crippen LogP) is 2.88. The summed E-state index contributed by atoms with van der Waals surface area (Å²) in [6, 6.07) is 9.22. The SMILES string of the molecule is CNC(=O)Nc1snc(SCc2ccccc2)c1C(=O)O. The Bertz CT molecular complexity index is 643. The second kappa shape index (κ2) is 7.09. The van der Waals surface area contributed by atoms with Gasteiger partial charge in [0.2, 0.25) is 0 Å². The molecule has 1 heterocycles. The molecule has 0 radical (unpaired) electrons. The minimum Gasteiger partial charge on any atom is -0.477 e. The summed E-state index contributed by atoms with van der Waals surface area (Å²) in [6.45, 7) is 0. The van der Waals surface area contributed by atoms with Gasteiger partial charge >= 0.3 is 12.0 Å². The maximum Gasteiger partial charge on any atom is 0.341 e. The number of benzene rings is 1. The number of carbonyl (C=O) groups is 2. The molecule has 0 bridgehead atoms. The van der Waals surface area contributed by atoms with Crippen LogP contribution in [0.5, 0.6) is 0 Å². The predicted molar refractivity (Wildman–Crippen MR) is 83.2 cm³/mol. The number of carbonyl (C=O) groups excluding carboxylic acids is 1. The smallest absolute Gasteiger partial charge is 0.341 e. The van der Waals surface area contributed by atoms with Crippen LogP contribution >= 0.6 is 23.3 Å². The Hall–Kier alpha value is -2.06. The van der Waals surface area contributed by atoms with Gasteiger partial charge in [-0.2, -0.15) is 4.37 Å². The van der Waals surface area contributed by atoms with Crippen molar-refractivity contribution < 1.29 is 14.7 Å². The van der Waals surface area contributed by atoms with Gasteiger partial charge in [-0.15, -0.1) is 0 Å². The molecule has 0 spiro atoms. The van der Waals surface area contributed by atoms with E-state index in [1.807, 2.05) is 30.3 Å². The average molecular weight is 323 g/mol. The van der Waals surface area contributed by atoms with Gasteiger partial charge in [0.15, 0.2) is 0 Å². The highest BCUT2D eigenvalue weighted by atomic mass is 32.2. The average Bonchev–Trinajstić information content (AvgIpc) is 2.89. The molecule has 8 heteroatoms. The van der Waals surface area contributed by atoms with Crippen LogP contribution in [-0.2, 0) is 5.75 Å². The zero-order valence-electron chi connectivity index (χ0n) is 11.1. The monoisotopic (exact) mass is 323 g/mol. The van der Waals surface area contributed by atoms with Gasteiger partial charge in [0.1, 0.15) is 15.6 Å². The summed E-state index contributed by atoms with van der Waals surface area (Å²) in [4.78, 5) is 22.7. The molecule has 0 fully saturated rings. The summed E-state index contributed by atoms with van der Waals surface area (Å²) < 4.78 is 4.12. The number of rotatable bonds is 5. The lowest BCUT2D eigenvalue weighted by Gasteiger charge is -2.03. The molecular weight excluding hydrogens is 310 g/mol. The Kier molecular flexibility index (Phi) is 5.18. The maximum atomic E-state index is 11.4. The van der Waals surface area contributed by atoms with Crippen LogP contribution in [0.15, 0.2) is 35.4 Å². The fourth-order valence-corrected chi connectivity index (χ4v) is 3.44. The van der Waals surface area contributed by atoms with E-state index in [9.17, 15) is 14.7 Å². The Morgan fingerprint density at radius 3 is 2.67 bits per heavy atom. The molecule has 6 nitrogen and oxygen atoms in total. The van der Waals surface area contributed by atoms with E-state index < -0.39 is 12.0 Å². The zero-order valence-corrected chi connectivity index (χ0v) is 12.8. The Morgan fingerprint density at radius 1 is 1.33 bits per heavy atom. The van der Waals surface area contributed by atoms with Gasteiger partial charge in [-0.1, -0.05) is 42.1 Å². The summed E-state index contributed by atoms with van der Waals surface area (Å²) in [5, 5.41) is 14.8. The van der Waals surface area contributed by atoms with Crippen LogP contribution in [0.25, 0.3) is 0 Å². The lowest BCUT2D eigenvalue weighted by Crippen LogP contribution is -2.24. The normalized spacial score (nSPS) is 10.1. The second-order valence-corrected chi connectivity index (χ2v) is 5.71. The maximum absolute atomic E-state index is 11.4. The topological polar surface area (TPSA) is 91.3 Å².